The molecule has 148 valence electrons. The van der Waals surface area contributed by atoms with Gasteiger partial charge in [-0.1, -0.05) is 69.0 Å². The maximum atomic E-state index is 10.9. The second-order valence-electron chi connectivity index (χ2n) is 9.05. The Morgan fingerprint density at radius 3 is 2.15 bits per heavy atom. The quantitative estimate of drug-likeness (QED) is 0.343. The highest BCUT2D eigenvalue weighted by molar-refractivity contribution is 5.54. The molecule has 2 fully saturated rings. The minimum absolute atomic E-state index is 0.310. The van der Waals surface area contributed by atoms with Crippen LogP contribution in [0, 0.1) is 17.8 Å². The van der Waals surface area contributed by atoms with Crippen LogP contribution < -0.4 is 0 Å². The molecule has 2 saturated carbocycles. The fourth-order valence-electron chi connectivity index (χ4n) is 5.07. The van der Waals surface area contributed by atoms with Crippen molar-refractivity contribution >= 4 is 12.4 Å². The lowest BCUT2D eigenvalue weighted by Gasteiger charge is -2.26. The summed E-state index contributed by atoms with van der Waals surface area (Å²) in [6, 6.07) is 9.20. The maximum absolute atomic E-state index is 10.9. The molecular formula is C26H38O. The van der Waals surface area contributed by atoms with Crippen LogP contribution in [0.2, 0.25) is 0 Å². The van der Waals surface area contributed by atoms with Gasteiger partial charge in [-0.2, -0.15) is 0 Å². The molecule has 0 aliphatic heterocycles. The van der Waals surface area contributed by atoms with Gasteiger partial charge in [0.25, 0.3) is 0 Å². The van der Waals surface area contributed by atoms with E-state index < -0.39 is 0 Å². The van der Waals surface area contributed by atoms with Crippen molar-refractivity contribution in [2.75, 3.05) is 0 Å². The molecule has 1 aromatic rings. The Kier molecular flexibility index (Phi) is 8.17. The molecule has 2 aliphatic carbocycles. The molecule has 1 aromatic carbocycles. The highest BCUT2D eigenvalue weighted by Gasteiger charge is 2.22. The summed E-state index contributed by atoms with van der Waals surface area (Å²) >= 11 is 0. The average Bonchev–Trinajstić information content (AvgIpc) is 2.74. The van der Waals surface area contributed by atoms with Gasteiger partial charge in [0.2, 0.25) is 0 Å². The Bertz CT molecular complexity index is 569. The second-order valence-corrected chi connectivity index (χ2v) is 9.05. The van der Waals surface area contributed by atoms with Gasteiger partial charge in [0, 0.05) is 5.92 Å². The Morgan fingerprint density at radius 1 is 0.852 bits per heavy atom. The highest BCUT2D eigenvalue weighted by atomic mass is 16.1. The molecule has 1 nitrogen and oxygen atoms in total. The summed E-state index contributed by atoms with van der Waals surface area (Å²) in [5.41, 5.74) is 2.80. The van der Waals surface area contributed by atoms with Crippen LogP contribution in [-0.2, 0) is 4.79 Å². The number of rotatable bonds is 8. The lowest BCUT2D eigenvalue weighted by atomic mass is 9.79. The predicted octanol–water partition coefficient (Wildman–Crippen LogP) is 7.56. The van der Waals surface area contributed by atoms with Crippen LogP contribution in [0.25, 0.3) is 6.08 Å². The van der Waals surface area contributed by atoms with Gasteiger partial charge in [-0.05, 0) is 80.2 Å². The van der Waals surface area contributed by atoms with Crippen molar-refractivity contribution in [3.8, 4) is 0 Å². The molecule has 2 aliphatic rings. The molecule has 0 atom stereocenters. The van der Waals surface area contributed by atoms with Crippen molar-refractivity contribution in [2.45, 2.75) is 89.9 Å². The van der Waals surface area contributed by atoms with E-state index in [9.17, 15) is 4.79 Å². The zero-order valence-electron chi connectivity index (χ0n) is 17.2. The van der Waals surface area contributed by atoms with E-state index in [4.69, 9.17) is 0 Å². The Hall–Kier alpha value is -1.37. The van der Waals surface area contributed by atoms with Crippen LogP contribution in [0.1, 0.15) is 101 Å². The molecule has 0 bridgehead atoms. The number of carbonyl (C=O) groups excluding carboxylic acids is 1. The van der Waals surface area contributed by atoms with Gasteiger partial charge in [0.15, 0.2) is 0 Å². The Morgan fingerprint density at radius 2 is 1.52 bits per heavy atom. The lowest BCUT2D eigenvalue weighted by Crippen LogP contribution is -2.14. The number of hydrogen-bond donors (Lipinski definition) is 0. The van der Waals surface area contributed by atoms with E-state index in [1.807, 2.05) is 0 Å². The molecule has 0 N–H and O–H groups in total. The molecule has 3 rings (SSSR count). The van der Waals surface area contributed by atoms with Gasteiger partial charge in [-0.15, -0.1) is 0 Å². The smallest absolute Gasteiger partial charge is 0.123 e. The number of hydrogen-bond acceptors (Lipinski definition) is 1. The van der Waals surface area contributed by atoms with Crippen LogP contribution in [-0.4, -0.2) is 6.29 Å². The van der Waals surface area contributed by atoms with Gasteiger partial charge < -0.3 is 4.79 Å². The molecule has 0 radical (unpaired) electrons. The van der Waals surface area contributed by atoms with Crippen LogP contribution in [0.15, 0.2) is 30.3 Å². The standard InChI is InChI=1S/C26H38O/c1-2-3-4-5-21-6-8-22(9-7-21)10-11-23-12-16-25(17-13-23)26-18-14-24(20-27)15-19-26/h10-13,16-17,20-22,24,26H,2-9,14-15,18-19H2,1H3. The van der Waals surface area contributed by atoms with Crippen LogP contribution in [0.5, 0.6) is 0 Å². The third-order valence-electron chi connectivity index (χ3n) is 7.04. The highest BCUT2D eigenvalue weighted by Crippen LogP contribution is 2.35. The Labute approximate surface area is 166 Å². The van der Waals surface area contributed by atoms with Crippen LogP contribution in [0.3, 0.4) is 0 Å². The van der Waals surface area contributed by atoms with Crippen molar-refractivity contribution in [3.63, 3.8) is 0 Å². The summed E-state index contributed by atoms with van der Waals surface area (Å²) in [5.74, 6) is 2.74. The second kappa shape index (κ2) is 10.8. The summed E-state index contributed by atoms with van der Waals surface area (Å²) in [6.45, 7) is 2.30. The van der Waals surface area contributed by atoms with Crippen molar-refractivity contribution in [1.82, 2.24) is 0 Å². The minimum Gasteiger partial charge on any atom is -0.303 e. The number of aldehydes is 1. The van der Waals surface area contributed by atoms with Gasteiger partial charge in [0.05, 0.1) is 0 Å². The monoisotopic (exact) mass is 366 g/mol. The normalized spacial score (nSPS) is 29.1. The van der Waals surface area contributed by atoms with Gasteiger partial charge >= 0.3 is 0 Å². The van der Waals surface area contributed by atoms with Crippen LogP contribution in [0.4, 0.5) is 0 Å². The van der Waals surface area contributed by atoms with Gasteiger partial charge in [-0.3, -0.25) is 0 Å². The molecule has 0 amide bonds. The molecule has 0 aromatic heterocycles. The topological polar surface area (TPSA) is 17.1 Å². The van der Waals surface area contributed by atoms with Gasteiger partial charge in [-0.25, -0.2) is 0 Å². The van der Waals surface area contributed by atoms with Gasteiger partial charge in [0.1, 0.15) is 6.29 Å². The van der Waals surface area contributed by atoms with E-state index in [1.54, 1.807) is 0 Å². The summed E-state index contributed by atoms with van der Waals surface area (Å²) in [4.78, 5) is 10.9. The molecule has 27 heavy (non-hydrogen) atoms. The van der Waals surface area contributed by atoms with Crippen molar-refractivity contribution in [1.29, 1.82) is 0 Å². The fourth-order valence-corrected chi connectivity index (χ4v) is 5.07. The van der Waals surface area contributed by atoms with E-state index in [-0.39, 0.29) is 0 Å². The van der Waals surface area contributed by atoms with E-state index in [0.29, 0.717) is 11.8 Å². The third-order valence-corrected chi connectivity index (χ3v) is 7.04. The third kappa shape index (κ3) is 6.33. The Balaban J connectivity index is 1.43. The molecule has 1 heteroatoms. The SMILES string of the molecule is CCCCCC1CCC(C=Cc2ccc(C3CCC(C=O)CC3)cc2)CC1. The minimum atomic E-state index is 0.310. The fraction of sp³-hybridized carbons (Fsp3) is 0.654. The van der Waals surface area contributed by atoms with Crippen LogP contribution >= 0.6 is 0 Å². The molecule has 0 heterocycles. The summed E-state index contributed by atoms with van der Waals surface area (Å²) in [6.07, 6.45) is 21.7. The number of benzene rings is 1. The maximum Gasteiger partial charge on any atom is 0.123 e. The molecule has 0 spiro atoms. The van der Waals surface area contributed by atoms with E-state index >= 15 is 0 Å². The first-order valence-electron chi connectivity index (χ1n) is 11.5. The number of unbranched alkanes of at least 4 members (excludes halogenated alkanes) is 2. The molecule has 0 unspecified atom stereocenters. The van der Waals surface area contributed by atoms with Crippen molar-refractivity contribution in [2.24, 2.45) is 17.8 Å². The lowest BCUT2D eigenvalue weighted by molar-refractivity contribution is -0.111. The zero-order valence-corrected chi connectivity index (χ0v) is 17.2. The van der Waals surface area contributed by atoms with E-state index in [2.05, 4.69) is 43.3 Å². The number of carbonyl (C=O) groups is 1. The summed E-state index contributed by atoms with van der Waals surface area (Å²) in [7, 11) is 0. The zero-order chi connectivity index (χ0) is 18.9. The molecular weight excluding hydrogens is 328 g/mol. The van der Waals surface area contributed by atoms with Crippen molar-refractivity contribution < 1.29 is 4.79 Å². The average molecular weight is 367 g/mol. The summed E-state index contributed by atoms with van der Waals surface area (Å²) in [5, 5.41) is 0. The predicted molar refractivity (Wildman–Crippen MR) is 116 cm³/mol. The first-order valence-corrected chi connectivity index (χ1v) is 11.5. The van der Waals surface area contributed by atoms with Crippen molar-refractivity contribution in [3.05, 3.63) is 41.5 Å². The van der Waals surface area contributed by atoms with E-state index in [1.165, 1.54) is 75.3 Å². The summed E-state index contributed by atoms with van der Waals surface area (Å²) < 4.78 is 0. The first kappa shape index (κ1) is 20.4. The number of allylic oxidation sites excluding steroid dienone is 1. The first-order chi connectivity index (χ1) is 13.3. The molecule has 0 saturated heterocycles. The largest absolute Gasteiger partial charge is 0.303 e. The van der Waals surface area contributed by atoms with E-state index in [0.717, 1.165) is 31.0 Å².